The van der Waals surface area contributed by atoms with E-state index in [2.05, 4.69) is 0 Å². The van der Waals surface area contributed by atoms with E-state index in [0.29, 0.717) is 19.6 Å². The van der Waals surface area contributed by atoms with E-state index in [1.165, 1.54) is 0 Å². The van der Waals surface area contributed by atoms with Crippen LogP contribution in [0.5, 0.6) is 0 Å². The molecule has 0 bridgehead atoms. The topological polar surface area (TPSA) is 92.9 Å². The fourth-order valence-electron chi connectivity index (χ4n) is 3.05. The highest BCUT2D eigenvalue weighted by molar-refractivity contribution is 5.79. The van der Waals surface area contributed by atoms with E-state index in [0.717, 1.165) is 5.56 Å². The van der Waals surface area contributed by atoms with Gasteiger partial charge in [0.1, 0.15) is 11.6 Å². The van der Waals surface area contributed by atoms with E-state index in [9.17, 15) is 14.7 Å². The summed E-state index contributed by atoms with van der Waals surface area (Å²) in [4.78, 5) is 25.8. The van der Waals surface area contributed by atoms with Crippen LogP contribution in [0, 0.1) is 11.8 Å². The molecule has 24 heavy (non-hydrogen) atoms. The summed E-state index contributed by atoms with van der Waals surface area (Å²) in [6, 6.07) is 8.89. The number of rotatable bonds is 5. The van der Waals surface area contributed by atoms with Gasteiger partial charge in [0.25, 0.3) is 0 Å². The van der Waals surface area contributed by atoms with E-state index < -0.39 is 35.4 Å². The van der Waals surface area contributed by atoms with Gasteiger partial charge in [-0.3, -0.25) is 14.5 Å². The minimum Gasteiger partial charge on any atom is -0.481 e. The van der Waals surface area contributed by atoms with Crippen LogP contribution in [0.3, 0.4) is 0 Å². The third-order valence-electron chi connectivity index (χ3n) is 4.15. The lowest BCUT2D eigenvalue weighted by Crippen LogP contribution is -2.46. The zero-order valence-electron chi connectivity index (χ0n) is 14.4. The van der Waals surface area contributed by atoms with Crippen LogP contribution in [0.25, 0.3) is 0 Å². The van der Waals surface area contributed by atoms with Crippen molar-refractivity contribution in [2.75, 3.05) is 13.1 Å². The standard InChI is InChI=1S/C18H26N2O4/c1-18(2,3)24-17(23)15(19)13-10-20(11-14(13)16(21)22)9-12-7-5-4-6-8-12/h4-8,13-15H,9-11,19H2,1-3H3,(H,21,22). The van der Waals surface area contributed by atoms with Crippen molar-refractivity contribution >= 4 is 11.9 Å². The van der Waals surface area contributed by atoms with Gasteiger partial charge in [0.2, 0.25) is 0 Å². The third kappa shape index (κ3) is 4.79. The Bertz CT molecular complexity index is 582. The van der Waals surface area contributed by atoms with Gasteiger partial charge in [-0.2, -0.15) is 0 Å². The first kappa shape index (κ1) is 18.4. The second kappa shape index (κ2) is 7.32. The Labute approximate surface area is 142 Å². The number of carbonyl (C=O) groups excluding carboxylic acids is 1. The summed E-state index contributed by atoms with van der Waals surface area (Å²) in [5.74, 6) is -2.59. The second-order valence-corrected chi connectivity index (χ2v) is 7.35. The van der Waals surface area contributed by atoms with Crippen LogP contribution < -0.4 is 5.73 Å². The van der Waals surface area contributed by atoms with Gasteiger partial charge < -0.3 is 15.6 Å². The minimum atomic E-state index is -0.939. The lowest BCUT2D eigenvalue weighted by Gasteiger charge is -2.26. The first-order valence-corrected chi connectivity index (χ1v) is 8.15. The number of hydrogen-bond donors (Lipinski definition) is 2. The summed E-state index contributed by atoms with van der Waals surface area (Å²) in [6.07, 6.45) is 0. The maximum Gasteiger partial charge on any atom is 0.323 e. The highest BCUT2D eigenvalue weighted by atomic mass is 16.6. The predicted molar refractivity (Wildman–Crippen MR) is 90.2 cm³/mol. The maximum atomic E-state index is 12.2. The van der Waals surface area contributed by atoms with E-state index in [1.807, 2.05) is 35.2 Å². The largest absolute Gasteiger partial charge is 0.481 e. The third-order valence-corrected chi connectivity index (χ3v) is 4.15. The van der Waals surface area contributed by atoms with E-state index >= 15 is 0 Å². The average molecular weight is 334 g/mol. The molecule has 1 aliphatic heterocycles. The Morgan fingerprint density at radius 3 is 2.46 bits per heavy atom. The van der Waals surface area contributed by atoms with Crippen molar-refractivity contribution in [2.24, 2.45) is 17.6 Å². The zero-order chi connectivity index (χ0) is 17.9. The van der Waals surface area contributed by atoms with Crippen molar-refractivity contribution in [2.45, 2.75) is 39.0 Å². The molecule has 132 valence electrons. The number of carboxylic acid groups (broad SMARTS) is 1. The van der Waals surface area contributed by atoms with E-state index in [4.69, 9.17) is 10.5 Å². The second-order valence-electron chi connectivity index (χ2n) is 7.35. The summed E-state index contributed by atoms with van der Waals surface area (Å²) >= 11 is 0. The quantitative estimate of drug-likeness (QED) is 0.793. The van der Waals surface area contributed by atoms with Crippen LogP contribution in [0.4, 0.5) is 0 Å². The van der Waals surface area contributed by atoms with Gasteiger partial charge in [-0.1, -0.05) is 30.3 Å². The average Bonchev–Trinajstić information content (AvgIpc) is 2.89. The SMILES string of the molecule is CC(C)(C)OC(=O)C(N)C1CN(Cc2ccccc2)CC1C(=O)O. The Morgan fingerprint density at radius 2 is 1.92 bits per heavy atom. The monoisotopic (exact) mass is 334 g/mol. The molecular formula is C18H26N2O4. The molecule has 1 fully saturated rings. The van der Waals surface area contributed by atoms with Crippen LogP contribution in [0.15, 0.2) is 30.3 Å². The molecule has 0 spiro atoms. The number of hydrogen-bond acceptors (Lipinski definition) is 5. The summed E-state index contributed by atoms with van der Waals surface area (Å²) in [6.45, 7) is 6.79. The normalized spacial score (nSPS) is 23.0. The van der Waals surface area contributed by atoms with Crippen molar-refractivity contribution < 1.29 is 19.4 Å². The lowest BCUT2D eigenvalue weighted by molar-refractivity contribution is -0.158. The predicted octanol–water partition coefficient (Wildman–Crippen LogP) is 1.49. The molecule has 0 saturated carbocycles. The van der Waals surface area contributed by atoms with Crippen molar-refractivity contribution in [3.63, 3.8) is 0 Å². The van der Waals surface area contributed by atoms with Crippen LogP contribution in [0.2, 0.25) is 0 Å². The molecule has 1 aromatic carbocycles. The number of nitrogens with two attached hydrogens (primary N) is 1. The highest BCUT2D eigenvalue weighted by Crippen LogP contribution is 2.28. The van der Waals surface area contributed by atoms with Crippen LogP contribution in [0.1, 0.15) is 26.3 Å². The molecule has 3 atom stereocenters. The first-order chi connectivity index (χ1) is 11.2. The Kier molecular flexibility index (Phi) is 5.62. The number of ether oxygens (including phenoxy) is 1. The number of carbonyl (C=O) groups is 2. The number of esters is 1. The molecule has 0 aliphatic carbocycles. The molecule has 1 saturated heterocycles. The maximum absolute atomic E-state index is 12.2. The van der Waals surface area contributed by atoms with Gasteiger partial charge in [0.15, 0.2) is 0 Å². The molecule has 3 unspecified atom stereocenters. The molecule has 1 aromatic rings. The fourth-order valence-corrected chi connectivity index (χ4v) is 3.05. The van der Waals surface area contributed by atoms with Gasteiger partial charge in [0.05, 0.1) is 5.92 Å². The lowest BCUT2D eigenvalue weighted by atomic mass is 9.89. The van der Waals surface area contributed by atoms with Gasteiger partial charge in [-0.25, -0.2) is 0 Å². The van der Waals surface area contributed by atoms with Gasteiger partial charge in [-0.05, 0) is 26.3 Å². The zero-order valence-corrected chi connectivity index (χ0v) is 14.4. The molecule has 0 amide bonds. The molecule has 2 rings (SSSR count). The van der Waals surface area contributed by atoms with Crippen LogP contribution >= 0.6 is 0 Å². The number of nitrogens with zero attached hydrogens (tertiary/aromatic N) is 1. The molecular weight excluding hydrogens is 308 g/mol. The first-order valence-electron chi connectivity index (χ1n) is 8.15. The van der Waals surface area contributed by atoms with Crippen molar-refractivity contribution in [1.82, 2.24) is 4.90 Å². The molecule has 0 aromatic heterocycles. The summed E-state index contributed by atoms with van der Waals surface area (Å²) < 4.78 is 5.32. The van der Waals surface area contributed by atoms with Crippen molar-refractivity contribution in [3.05, 3.63) is 35.9 Å². The molecule has 1 heterocycles. The van der Waals surface area contributed by atoms with Gasteiger partial charge in [0, 0.05) is 25.6 Å². The Hall–Kier alpha value is -1.92. The summed E-state index contributed by atoms with van der Waals surface area (Å²) in [5, 5.41) is 9.50. The van der Waals surface area contributed by atoms with Crippen molar-refractivity contribution in [3.8, 4) is 0 Å². The van der Waals surface area contributed by atoms with E-state index in [-0.39, 0.29) is 0 Å². The summed E-state index contributed by atoms with van der Waals surface area (Å²) in [7, 11) is 0. The van der Waals surface area contributed by atoms with E-state index in [1.54, 1.807) is 20.8 Å². The minimum absolute atomic E-state index is 0.380. The molecule has 6 heteroatoms. The van der Waals surface area contributed by atoms with Crippen LogP contribution in [-0.2, 0) is 20.9 Å². The number of benzene rings is 1. The summed E-state index contributed by atoms with van der Waals surface area (Å²) in [5.41, 5.74) is 6.51. The van der Waals surface area contributed by atoms with Gasteiger partial charge >= 0.3 is 11.9 Å². The fraction of sp³-hybridized carbons (Fsp3) is 0.556. The molecule has 3 N–H and O–H groups in total. The number of likely N-dealkylation sites (tertiary alicyclic amines) is 1. The molecule has 1 aliphatic rings. The molecule has 6 nitrogen and oxygen atoms in total. The van der Waals surface area contributed by atoms with Gasteiger partial charge in [-0.15, -0.1) is 0 Å². The number of aliphatic carboxylic acids is 1. The van der Waals surface area contributed by atoms with Crippen molar-refractivity contribution in [1.29, 1.82) is 0 Å². The highest BCUT2D eigenvalue weighted by Gasteiger charge is 2.44. The Balaban J connectivity index is 2.07. The smallest absolute Gasteiger partial charge is 0.323 e. The Morgan fingerprint density at radius 1 is 1.29 bits per heavy atom. The molecule has 0 radical (unpaired) electrons. The number of carboxylic acids is 1. The van der Waals surface area contributed by atoms with Crippen LogP contribution in [-0.4, -0.2) is 46.7 Å².